The Hall–Kier alpha value is -0.610. The van der Waals surface area contributed by atoms with Crippen molar-refractivity contribution in [2.75, 3.05) is 26.7 Å². The highest BCUT2D eigenvalue weighted by atomic mass is 16.5. The number of likely N-dealkylation sites (tertiary alicyclic amines) is 1. The van der Waals surface area contributed by atoms with Crippen molar-refractivity contribution in [2.24, 2.45) is 11.8 Å². The third-order valence-electron chi connectivity index (χ3n) is 5.04. The Morgan fingerprint density at radius 1 is 1.28 bits per heavy atom. The van der Waals surface area contributed by atoms with Crippen LogP contribution in [0, 0.1) is 11.8 Å². The monoisotopic (exact) mass is 252 g/mol. The topological polar surface area (TPSA) is 41.6 Å². The lowest BCUT2D eigenvalue weighted by Gasteiger charge is -2.34. The summed E-state index contributed by atoms with van der Waals surface area (Å²) in [5.41, 5.74) is 0. The van der Waals surface area contributed by atoms with E-state index in [-0.39, 0.29) is 12.1 Å². The summed E-state index contributed by atoms with van der Waals surface area (Å²) >= 11 is 0. The van der Waals surface area contributed by atoms with Gasteiger partial charge in [0.15, 0.2) is 0 Å². The van der Waals surface area contributed by atoms with E-state index in [0.717, 1.165) is 38.4 Å². The molecule has 4 atom stereocenters. The minimum atomic E-state index is 0.0908. The van der Waals surface area contributed by atoms with E-state index in [4.69, 9.17) is 4.74 Å². The van der Waals surface area contributed by atoms with Crippen LogP contribution in [0.4, 0.5) is 0 Å². The lowest BCUT2D eigenvalue weighted by atomic mass is 9.93. The number of nitrogens with zero attached hydrogens (tertiary/aromatic N) is 1. The minimum absolute atomic E-state index is 0.0908. The molecular weight excluding hydrogens is 228 g/mol. The summed E-state index contributed by atoms with van der Waals surface area (Å²) in [5.74, 6) is 1.67. The van der Waals surface area contributed by atoms with Gasteiger partial charge in [0.05, 0.1) is 12.1 Å². The van der Waals surface area contributed by atoms with Gasteiger partial charge in [0.1, 0.15) is 0 Å². The van der Waals surface area contributed by atoms with Gasteiger partial charge in [-0.1, -0.05) is 6.42 Å². The summed E-state index contributed by atoms with van der Waals surface area (Å²) in [4.78, 5) is 14.6. The smallest absolute Gasteiger partial charge is 0.240 e. The number of piperidine rings is 1. The minimum Gasteiger partial charge on any atom is -0.380 e. The van der Waals surface area contributed by atoms with Gasteiger partial charge in [0.25, 0.3) is 0 Å². The number of nitrogens with one attached hydrogen (secondary N) is 1. The number of rotatable bonds is 2. The summed E-state index contributed by atoms with van der Waals surface area (Å²) in [6.45, 7) is 2.74. The highest BCUT2D eigenvalue weighted by Crippen LogP contribution is 2.38. The zero-order valence-electron chi connectivity index (χ0n) is 11.2. The highest BCUT2D eigenvalue weighted by Gasteiger charge is 2.44. The largest absolute Gasteiger partial charge is 0.380 e. The van der Waals surface area contributed by atoms with Crippen molar-refractivity contribution in [3.8, 4) is 0 Å². The van der Waals surface area contributed by atoms with Crippen molar-refractivity contribution in [3.05, 3.63) is 0 Å². The molecule has 4 unspecified atom stereocenters. The lowest BCUT2D eigenvalue weighted by Crippen LogP contribution is -2.51. The Kier molecular flexibility index (Phi) is 3.57. The van der Waals surface area contributed by atoms with Gasteiger partial charge in [-0.05, 0) is 44.1 Å². The second kappa shape index (κ2) is 5.17. The van der Waals surface area contributed by atoms with E-state index in [2.05, 4.69) is 5.32 Å². The summed E-state index contributed by atoms with van der Waals surface area (Å²) in [7, 11) is 1.75. The number of fused-ring (bicyclic) bond motifs is 1. The van der Waals surface area contributed by atoms with Crippen molar-refractivity contribution in [3.63, 3.8) is 0 Å². The molecule has 1 aliphatic carbocycles. The molecule has 0 aromatic rings. The second-order valence-corrected chi connectivity index (χ2v) is 6.02. The van der Waals surface area contributed by atoms with Crippen LogP contribution in [0.2, 0.25) is 0 Å². The van der Waals surface area contributed by atoms with Crippen LogP contribution in [0.5, 0.6) is 0 Å². The Bertz CT molecular complexity index is 321. The average Bonchev–Trinajstić information content (AvgIpc) is 3.00. The van der Waals surface area contributed by atoms with E-state index >= 15 is 0 Å². The summed E-state index contributed by atoms with van der Waals surface area (Å²) < 4.78 is 5.41. The van der Waals surface area contributed by atoms with Crippen LogP contribution < -0.4 is 5.32 Å². The molecule has 0 aromatic heterocycles. The van der Waals surface area contributed by atoms with E-state index in [1.54, 1.807) is 7.11 Å². The zero-order valence-corrected chi connectivity index (χ0v) is 11.2. The van der Waals surface area contributed by atoms with Crippen molar-refractivity contribution in [2.45, 2.75) is 44.2 Å². The van der Waals surface area contributed by atoms with Gasteiger partial charge < -0.3 is 15.0 Å². The molecule has 1 saturated carbocycles. The molecule has 4 nitrogen and oxygen atoms in total. The first-order valence-corrected chi connectivity index (χ1v) is 7.34. The van der Waals surface area contributed by atoms with E-state index in [9.17, 15) is 4.79 Å². The fourth-order valence-electron chi connectivity index (χ4n) is 3.99. The third-order valence-corrected chi connectivity index (χ3v) is 5.04. The number of methoxy groups -OCH3 is 1. The molecule has 2 heterocycles. The first-order valence-electron chi connectivity index (χ1n) is 7.34. The third kappa shape index (κ3) is 2.16. The van der Waals surface area contributed by atoms with Crippen molar-refractivity contribution in [1.29, 1.82) is 0 Å². The van der Waals surface area contributed by atoms with Crippen molar-refractivity contribution < 1.29 is 9.53 Å². The molecular formula is C14H24N2O2. The number of amides is 1. The van der Waals surface area contributed by atoms with E-state index < -0.39 is 0 Å². The van der Waals surface area contributed by atoms with E-state index in [1.807, 2.05) is 4.90 Å². The molecule has 102 valence electrons. The molecule has 4 heteroatoms. The molecule has 3 rings (SSSR count). The Balaban J connectivity index is 1.63. The second-order valence-electron chi connectivity index (χ2n) is 6.02. The molecule has 18 heavy (non-hydrogen) atoms. The van der Waals surface area contributed by atoms with Gasteiger partial charge >= 0.3 is 0 Å². The summed E-state index contributed by atoms with van der Waals surface area (Å²) in [6.07, 6.45) is 6.25. The zero-order chi connectivity index (χ0) is 12.5. The molecule has 0 bridgehead atoms. The number of ether oxygens (including phenoxy) is 1. The number of hydrogen-bond donors (Lipinski definition) is 1. The summed E-state index contributed by atoms with van der Waals surface area (Å²) in [6, 6.07) is 0.0908. The molecule has 3 fully saturated rings. The Labute approximate surface area is 109 Å². The van der Waals surface area contributed by atoms with E-state index in [0.29, 0.717) is 11.8 Å². The van der Waals surface area contributed by atoms with Gasteiger partial charge in [0, 0.05) is 20.2 Å². The van der Waals surface area contributed by atoms with Crippen molar-refractivity contribution in [1.82, 2.24) is 10.2 Å². The standard InChI is InChI=1S/C14H24N2O2/c1-18-11-5-3-7-16(9-11)14(17)13-12-6-2-4-10(12)8-15-13/h10-13,15H,2-9H2,1H3. The van der Waals surface area contributed by atoms with Crippen LogP contribution in [0.25, 0.3) is 0 Å². The normalized spacial score (nSPS) is 39.9. The van der Waals surface area contributed by atoms with Crippen LogP contribution in [0.15, 0.2) is 0 Å². The average molecular weight is 252 g/mol. The Morgan fingerprint density at radius 3 is 3.00 bits per heavy atom. The van der Waals surface area contributed by atoms with Crippen LogP contribution in [-0.4, -0.2) is 49.7 Å². The van der Waals surface area contributed by atoms with Gasteiger partial charge in [-0.3, -0.25) is 4.79 Å². The predicted octanol–water partition coefficient (Wildman–Crippen LogP) is 1.01. The highest BCUT2D eigenvalue weighted by molar-refractivity contribution is 5.83. The fraction of sp³-hybridized carbons (Fsp3) is 0.929. The van der Waals surface area contributed by atoms with Gasteiger partial charge in [-0.15, -0.1) is 0 Å². The molecule has 1 amide bonds. The van der Waals surface area contributed by atoms with Crippen LogP contribution in [-0.2, 0) is 9.53 Å². The molecule has 0 radical (unpaired) electrons. The number of carbonyl (C=O) groups excluding carboxylic acids is 1. The first-order chi connectivity index (χ1) is 8.79. The lowest BCUT2D eigenvalue weighted by molar-refractivity contribution is -0.137. The maximum absolute atomic E-state index is 12.6. The quantitative estimate of drug-likeness (QED) is 0.797. The maximum atomic E-state index is 12.6. The Morgan fingerprint density at radius 2 is 2.17 bits per heavy atom. The maximum Gasteiger partial charge on any atom is 0.240 e. The van der Waals surface area contributed by atoms with Crippen LogP contribution in [0.1, 0.15) is 32.1 Å². The van der Waals surface area contributed by atoms with Gasteiger partial charge in [0.2, 0.25) is 5.91 Å². The molecule has 2 aliphatic heterocycles. The molecule has 0 spiro atoms. The summed E-state index contributed by atoms with van der Waals surface area (Å²) in [5, 5.41) is 3.46. The molecule has 2 saturated heterocycles. The predicted molar refractivity (Wildman–Crippen MR) is 69.2 cm³/mol. The van der Waals surface area contributed by atoms with Crippen LogP contribution in [0.3, 0.4) is 0 Å². The van der Waals surface area contributed by atoms with Gasteiger partial charge in [-0.25, -0.2) is 0 Å². The van der Waals surface area contributed by atoms with E-state index in [1.165, 1.54) is 19.3 Å². The fourth-order valence-corrected chi connectivity index (χ4v) is 3.99. The number of hydrogen-bond acceptors (Lipinski definition) is 3. The molecule has 0 aromatic carbocycles. The van der Waals surface area contributed by atoms with Crippen molar-refractivity contribution >= 4 is 5.91 Å². The first kappa shape index (κ1) is 12.4. The number of carbonyl (C=O) groups is 1. The molecule has 3 aliphatic rings. The van der Waals surface area contributed by atoms with Crippen LogP contribution >= 0.6 is 0 Å². The molecule has 1 N–H and O–H groups in total. The SMILES string of the molecule is COC1CCCN(C(=O)C2NCC3CCCC32)C1. The van der Waals surface area contributed by atoms with Gasteiger partial charge in [-0.2, -0.15) is 0 Å².